The first-order valence-electron chi connectivity index (χ1n) is 10.2. The van der Waals surface area contributed by atoms with Crippen molar-refractivity contribution in [1.82, 2.24) is 14.0 Å². The normalized spacial score (nSPS) is 14.0. The lowest BCUT2D eigenvalue weighted by Gasteiger charge is -2.30. The van der Waals surface area contributed by atoms with E-state index in [1.54, 1.807) is 4.57 Å². The summed E-state index contributed by atoms with van der Waals surface area (Å²) in [6.07, 6.45) is 0.728. The van der Waals surface area contributed by atoms with Crippen LogP contribution in [0.3, 0.4) is 0 Å². The minimum Gasteiger partial charge on any atom is -0.297 e. The van der Waals surface area contributed by atoms with Gasteiger partial charge in [0.1, 0.15) is 0 Å². The molecule has 29 heavy (non-hydrogen) atoms. The van der Waals surface area contributed by atoms with Crippen molar-refractivity contribution in [2.24, 2.45) is 0 Å². The van der Waals surface area contributed by atoms with Crippen LogP contribution in [-0.2, 0) is 32.6 Å². The van der Waals surface area contributed by atoms with Crippen molar-refractivity contribution in [3.8, 4) is 0 Å². The number of nitrogens with zero attached hydrogens (tertiary/aromatic N) is 3. The Balaban J connectivity index is 1.71. The number of hydrogen-bond acceptors (Lipinski definition) is 3. The van der Waals surface area contributed by atoms with Crippen molar-refractivity contribution < 1.29 is 0 Å². The van der Waals surface area contributed by atoms with E-state index in [9.17, 15) is 9.59 Å². The number of rotatable bonds is 5. The maximum absolute atomic E-state index is 13.3. The zero-order valence-electron chi connectivity index (χ0n) is 17.1. The Hall–Kier alpha value is -2.92. The standard InChI is InChI=1S/C24H27N3O2/c1-3-26-22-12-13-25(15-19-9-5-4-6-10-19)17-21(22)23(28)27(24(26)29)16-20-11-7-8-18(2)14-20/h4-11,14H,3,12-13,15-17H2,1-2H3. The number of fused-ring (bicyclic) bond motifs is 1. The van der Waals surface area contributed by atoms with Crippen LogP contribution in [0.15, 0.2) is 64.2 Å². The monoisotopic (exact) mass is 389 g/mol. The molecular formula is C24H27N3O2. The maximum atomic E-state index is 13.3. The summed E-state index contributed by atoms with van der Waals surface area (Å²) >= 11 is 0. The summed E-state index contributed by atoms with van der Waals surface area (Å²) in [5.74, 6) is 0. The number of aryl methyl sites for hydroxylation is 1. The van der Waals surface area contributed by atoms with Gasteiger partial charge in [0, 0.05) is 38.3 Å². The van der Waals surface area contributed by atoms with Gasteiger partial charge in [0.25, 0.3) is 5.56 Å². The molecule has 0 saturated carbocycles. The molecule has 0 unspecified atom stereocenters. The van der Waals surface area contributed by atoms with E-state index in [0.717, 1.165) is 41.9 Å². The Morgan fingerprint density at radius 3 is 2.38 bits per heavy atom. The molecule has 1 aliphatic heterocycles. The van der Waals surface area contributed by atoms with Crippen molar-refractivity contribution in [3.63, 3.8) is 0 Å². The predicted molar refractivity (Wildman–Crippen MR) is 115 cm³/mol. The van der Waals surface area contributed by atoms with E-state index in [4.69, 9.17) is 0 Å². The molecule has 5 heteroatoms. The molecule has 1 aromatic heterocycles. The van der Waals surface area contributed by atoms with Crippen molar-refractivity contribution in [2.75, 3.05) is 6.54 Å². The van der Waals surface area contributed by atoms with Gasteiger partial charge in [-0.3, -0.25) is 18.8 Å². The van der Waals surface area contributed by atoms with Gasteiger partial charge in [-0.25, -0.2) is 4.79 Å². The zero-order chi connectivity index (χ0) is 20.4. The average Bonchev–Trinajstić information content (AvgIpc) is 2.73. The molecule has 2 heterocycles. The number of hydrogen-bond donors (Lipinski definition) is 0. The van der Waals surface area contributed by atoms with Crippen LogP contribution in [0.1, 0.15) is 34.9 Å². The van der Waals surface area contributed by atoms with Crippen LogP contribution in [0, 0.1) is 6.92 Å². The van der Waals surface area contributed by atoms with E-state index < -0.39 is 0 Å². The van der Waals surface area contributed by atoms with Gasteiger partial charge in [0.05, 0.1) is 12.1 Å². The van der Waals surface area contributed by atoms with Crippen LogP contribution in [0.25, 0.3) is 0 Å². The summed E-state index contributed by atoms with van der Waals surface area (Å²) in [6.45, 7) is 7.12. The van der Waals surface area contributed by atoms with E-state index >= 15 is 0 Å². The van der Waals surface area contributed by atoms with Gasteiger partial charge in [-0.05, 0) is 25.0 Å². The van der Waals surface area contributed by atoms with Crippen LogP contribution in [0.5, 0.6) is 0 Å². The molecule has 0 aliphatic carbocycles. The van der Waals surface area contributed by atoms with Gasteiger partial charge in [0.15, 0.2) is 0 Å². The molecule has 3 aromatic rings. The molecule has 0 fully saturated rings. The molecule has 4 rings (SSSR count). The van der Waals surface area contributed by atoms with Crippen molar-refractivity contribution in [1.29, 1.82) is 0 Å². The van der Waals surface area contributed by atoms with Gasteiger partial charge in [-0.2, -0.15) is 0 Å². The summed E-state index contributed by atoms with van der Waals surface area (Å²) in [5, 5.41) is 0. The first-order valence-corrected chi connectivity index (χ1v) is 10.2. The molecule has 0 saturated heterocycles. The first-order chi connectivity index (χ1) is 14.1. The van der Waals surface area contributed by atoms with E-state index in [0.29, 0.717) is 19.6 Å². The Bertz CT molecular complexity index is 1130. The summed E-state index contributed by atoms with van der Waals surface area (Å²) in [7, 11) is 0. The second-order valence-corrected chi connectivity index (χ2v) is 7.78. The molecule has 1 aliphatic rings. The largest absolute Gasteiger partial charge is 0.331 e. The third-order valence-electron chi connectivity index (χ3n) is 5.67. The Labute approximate surface area is 170 Å². The van der Waals surface area contributed by atoms with Gasteiger partial charge >= 0.3 is 5.69 Å². The second-order valence-electron chi connectivity index (χ2n) is 7.78. The highest BCUT2D eigenvalue weighted by Crippen LogP contribution is 2.17. The summed E-state index contributed by atoms with van der Waals surface area (Å²) in [4.78, 5) is 28.7. The highest BCUT2D eigenvalue weighted by Gasteiger charge is 2.25. The highest BCUT2D eigenvalue weighted by molar-refractivity contribution is 5.25. The Morgan fingerprint density at radius 2 is 1.66 bits per heavy atom. The summed E-state index contributed by atoms with van der Waals surface area (Å²) < 4.78 is 3.19. The van der Waals surface area contributed by atoms with Crippen LogP contribution in [0.4, 0.5) is 0 Å². The maximum Gasteiger partial charge on any atom is 0.331 e. The fourth-order valence-electron chi connectivity index (χ4n) is 4.24. The SMILES string of the molecule is CCn1c2c(c(=O)n(Cc3cccc(C)c3)c1=O)CN(Cc1ccccc1)CC2. The Morgan fingerprint density at radius 1 is 0.897 bits per heavy atom. The predicted octanol–water partition coefficient (Wildman–Crippen LogP) is 2.94. The molecule has 0 amide bonds. The van der Waals surface area contributed by atoms with E-state index in [-0.39, 0.29) is 11.2 Å². The lowest BCUT2D eigenvalue weighted by atomic mass is 10.0. The van der Waals surface area contributed by atoms with E-state index in [2.05, 4.69) is 17.0 Å². The molecule has 150 valence electrons. The molecule has 0 atom stereocenters. The van der Waals surface area contributed by atoms with Crippen LogP contribution in [0.2, 0.25) is 0 Å². The zero-order valence-corrected chi connectivity index (χ0v) is 17.1. The van der Waals surface area contributed by atoms with E-state index in [1.165, 1.54) is 10.1 Å². The fourth-order valence-corrected chi connectivity index (χ4v) is 4.24. The molecular weight excluding hydrogens is 362 g/mol. The van der Waals surface area contributed by atoms with E-state index in [1.807, 2.05) is 56.3 Å². The average molecular weight is 389 g/mol. The van der Waals surface area contributed by atoms with Gasteiger partial charge in [-0.15, -0.1) is 0 Å². The van der Waals surface area contributed by atoms with Crippen molar-refractivity contribution in [3.05, 3.63) is 103 Å². The third kappa shape index (κ3) is 3.96. The van der Waals surface area contributed by atoms with Crippen molar-refractivity contribution in [2.45, 2.75) is 46.4 Å². The van der Waals surface area contributed by atoms with Crippen molar-refractivity contribution >= 4 is 0 Å². The third-order valence-corrected chi connectivity index (χ3v) is 5.67. The number of benzene rings is 2. The lowest BCUT2D eigenvalue weighted by molar-refractivity contribution is 0.236. The smallest absolute Gasteiger partial charge is 0.297 e. The summed E-state index contributed by atoms with van der Waals surface area (Å²) in [5.41, 5.74) is 4.67. The molecule has 2 aromatic carbocycles. The molecule has 0 N–H and O–H groups in total. The van der Waals surface area contributed by atoms with Gasteiger partial charge < -0.3 is 0 Å². The lowest BCUT2D eigenvalue weighted by Crippen LogP contribution is -2.47. The topological polar surface area (TPSA) is 47.2 Å². The minimum absolute atomic E-state index is 0.144. The summed E-state index contributed by atoms with van der Waals surface area (Å²) in [6, 6.07) is 18.3. The molecule has 0 radical (unpaired) electrons. The van der Waals surface area contributed by atoms with Crippen LogP contribution < -0.4 is 11.2 Å². The van der Waals surface area contributed by atoms with Gasteiger partial charge in [-0.1, -0.05) is 60.2 Å². The van der Waals surface area contributed by atoms with Crippen LogP contribution >= 0.6 is 0 Å². The Kier molecular flexibility index (Phi) is 5.49. The van der Waals surface area contributed by atoms with Crippen LogP contribution in [-0.4, -0.2) is 20.6 Å². The molecule has 0 bridgehead atoms. The second kappa shape index (κ2) is 8.21. The van der Waals surface area contributed by atoms with Gasteiger partial charge in [0.2, 0.25) is 0 Å². The fraction of sp³-hybridized carbons (Fsp3) is 0.333. The number of aromatic nitrogens is 2. The quantitative estimate of drug-likeness (QED) is 0.674. The molecule has 0 spiro atoms. The first kappa shape index (κ1) is 19.4. The minimum atomic E-state index is -0.200. The highest BCUT2D eigenvalue weighted by atomic mass is 16.2. The molecule has 5 nitrogen and oxygen atoms in total.